The maximum absolute atomic E-state index is 14.6. The van der Waals surface area contributed by atoms with Crippen LogP contribution >= 0.6 is 0 Å². The predicted molar refractivity (Wildman–Crippen MR) is 118 cm³/mol. The van der Waals surface area contributed by atoms with E-state index in [-0.39, 0.29) is 48.3 Å². The van der Waals surface area contributed by atoms with Gasteiger partial charge in [-0.05, 0) is 31.7 Å². The Bertz CT molecular complexity index is 855. The van der Waals surface area contributed by atoms with Gasteiger partial charge < -0.3 is 29.2 Å². The molecule has 7 bridgehead atoms. The van der Waals surface area contributed by atoms with Gasteiger partial charge in [-0.15, -0.1) is 0 Å². The summed E-state index contributed by atoms with van der Waals surface area (Å²) in [7, 11) is 6.78. The summed E-state index contributed by atoms with van der Waals surface area (Å²) in [5, 5.41) is 25.2. The highest BCUT2D eigenvalue weighted by molar-refractivity contribution is 5.98. The Morgan fingerprint density at radius 2 is 1.88 bits per heavy atom. The molecule has 1 spiro atoms. The number of piperidine rings is 1. The molecule has 1 aliphatic heterocycles. The van der Waals surface area contributed by atoms with Crippen LogP contribution in [0.25, 0.3) is 0 Å². The Kier molecular flexibility index (Phi) is 4.84. The molecule has 5 saturated carbocycles. The first-order valence-electron chi connectivity index (χ1n) is 12.6. The monoisotopic (exact) mass is 465 g/mol. The number of hydrogen-bond acceptors (Lipinski definition) is 8. The van der Waals surface area contributed by atoms with Crippen molar-refractivity contribution in [3.8, 4) is 0 Å². The first kappa shape index (κ1) is 22.8. The number of carbonyl (C=O) groups excluding carboxylic acids is 1. The van der Waals surface area contributed by atoms with Crippen molar-refractivity contribution in [2.45, 2.75) is 68.2 Å². The van der Waals surface area contributed by atoms with Crippen molar-refractivity contribution in [2.75, 3.05) is 48.1 Å². The summed E-state index contributed by atoms with van der Waals surface area (Å²) in [4.78, 5) is 16.9. The third-order valence-corrected chi connectivity index (χ3v) is 11.2. The van der Waals surface area contributed by atoms with Gasteiger partial charge >= 0.3 is 0 Å². The van der Waals surface area contributed by atoms with Crippen molar-refractivity contribution in [3.63, 3.8) is 0 Å². The lowest BCUT2D eigenvalue weighted by Gasteiger charge is -2.69. The molecule has 1 heterocycles. The van der Waals surface area contributed by atoms with E-state index in [2.05, 4.69) is 11.8 Å². The van der Waals surface area contributed by atoms with Crippen LogP contribution in [0.2, 0.25) is 0 Å². The number of ketones is 1. The fourth-order valence-corrected chi connectivity index (χ4v) is 10.7. The molecule has 0 radical (unpaired) electrons. The van der Waals surface area contributed by atoms with E-state index in [0.29, 0.717) is 19.7 Å². The topological polar surface area (TPSA) is 97.7 Å². The average molecular weight is 466 g/mol. The number of Topliss-reactive ketones (excluding diaryl/α,β-unsaturated/α-hetero) is 1. The van der Waals surface area contributed by atoms with Crippen molar-refractivity contribution in [1.82, 2.24) is 4.90 Å². The molecular weight excluding hydrogens is 426 g/mol. The highest BCUT2D eigenvalue weighted by Crippen LogP contribution is 2.79. The average Bonchev–Trinajstić information content (AvgIpc) is 3.21. The van der Waals surface area contributed by atoms with Crippen LogP contribution in [0.5, 0.6) is 0 Å². The number of ether oxygens (including phenoxy) is 4. The Balaban J connectivity index is 1.67. The van der Waals surface area contributed by atoms with Gasteiger partial charge in [-0.3, -0.25) is 9.69 Å². The van der Waals surface area contributed by atoms with E-state index in [4.69, 9.17) is 18.9 Å². The molecule has 1 saturated heterocycles. The molecule has 2 N–H and O–H groups in total. The first-order chi connectivity index (χ1) is 15.8. The maximum atomic E-state index is 14.6. The van der Waals surface area contributed by atoms with Crippen molar-refractivity contribution in [3.05, 3.63) is 0 Å². The second kappa shape index (κ2) is 6.99. The summed E-state index contributed by atoms with van der Waals surface area (Å²) in [6.45, 7) is 3.93. The van der Waals surface area contributed by atoms with Gasteiger partial charge in [0.2, 0.25) is 0 Å². The van der Waals surface area contributed by atoms with Crippen molar-refractivity contribution < 1.29 is 34.0 Å². The molecule has 8 heteroatoms. The van der Waals surface area contributed by atoms with Gasteiger partial charge in [0.05, 0.1) is 31.0 Å². The molecule has 0 aromatic heterocycles. The number of methoxy groups -OCH3 is 4. The number of nitrogens with zero attached hydrogens (tertiary/aromatic N) is 1. The van der Waals surface area contributed by atoms with Crippen molar-refractivity contribution in [2.24, 2.45) is 34.5 Å². The number of fused-ring (bicyclic) bond motifs is 2. The number of hydrogen-bond donors (Lipinski definition) is 2. The molecule has 0 aromatic rings. The Labute approximate surface area is 195 Å². The molecule has 0 amide bonds. The van der Waals surface area contributed by atoms with E-state index in [1.54, 1.807) is 28.4 Å². The van der Waals surface area contributed by atoms with Gasteiger partial charge in [-0.25, -0.2) is 0 Å². The highest BCUT2D eigenvalue weighted by Gasteiger charge is 2.91. The van der Waals surface area contributed by atoms with Crippen LogP contribution in [-0.4, -0.2) is 105 Å². The number of rotatable bonds is 6. The predicted octanol–water partition coefficient (Wildman–Crippen LogP) is 0.479. The normalized spacial score (nSPS) is 58.7. The Morgan fingerprint density at radius 1 is 1.12 bits per heavy atom. The van der Waals surface area contributed by atoms with Gasteiger partial charge in [-0.1, -0.05) is 6.92 Å². The summed E-state index contributed by atoms with van der Waals surface area (Å²) in [6, 6.07) is -0.485. The second-order valence-corrected chi connectivity index (χ2v) is 11.7. The SMILES string of the molecule is CCN1CC2(COC)CCC(OC)C34C5CC6C(OC)CC(O)(C5C6OC)C(O)(C(=O)C23)C14. The van der Waals surface area contributed by atoms with Gasteiger partial charge in [-0.2, -0.15) is 0 Å². The fraction of sp³-hybridized carbons (Fsp3) is 0.960. The molecular formula is C25H39NO7. The first-order valence-corrected chi connectivity index (χ1v) is 12.6. The lowest BCUT2D eigenvalue weighted by Crippen LogP contribution is -2.81. The molecule has 8 nitrogen and oxygen atoms in total. The van der Waals surface area contributed by atoms with Crippen LogP contribution in [0.4, 0.5) is 0 Å². The van der Waals surface area contributed by atoms with Gasteiger partial charge in [0, 0.05) is 70.0 Å². The Hall–Kier alpha value is -0.610. The fourth-order valence-electron chi connectivity index (χ4n) is 10.7. The van der Waals surface area contributed by atoms with Crippen LogP contribution in [-0.2, 0) is 23.7 Å². The maximum Gasteiger partial charge on any atom is 0.173 e. The largest absolute Gasteiger partial charge is 0.386 e. The lowest BCUT2D eigenvalue weighted by molar-refractivity contribution is -0.314. The number of carbonyl (C=O) groups is 1. The minimum atomic E-state index is -1.89. The summed E-state index contributed by atoms with van der Waals surface area (Å²) in [5.74, 6) is -0.826. The zero-order valence-electron chi connectivity index (χ0n) is 20.5. The minimum absolute atomic E-state index is 0.00449. The van der Waals surface area contributed by atoms with Crippen LogP contribution in [0, 0.1) is 34.5 Å². The van der Waals surface area contributed by atoms with E-state index in [1.807, 2.05) is 0 Å². The third-order valence-electron chi connectivity index (χ3n) is 11.2. The number of likely N-dealkylation sites (N-methyl/N-ethyl adjacent to an activating group) is 1. The zero-order valence-corrected chi connectivity index (χ0v) is 20.5. The van der Waals surface area contributed by atoms with Gasteiger partial charge in [0.15, 0.2) is 11.4 Å². The van der Waals surface area contributed by atoms with E-state index in [1.165, 1.54) is 0 Å². The highest BCUT2D eigenvalue weighted by atomic mass is 16.5. The van der Waals surface area contributed by atoms with E-state index in [0.717, 1.165) is 19.3 Å². The molecule has 6 rings (SSSR count). The molecule has 6 aliphatic rings. The third kappa shape index (κ3) is 2.15. The molecule has 0 aromatic carbocycles. The summed E-state index contributed by atoms with van der Waals surface area (Å²) in [6.07, 6.45) is 1.99. The van der Waals surface area contributed by atoms with E-state index in [9.17, 15) is 15.0 Å². The van der Waals surface area contributed by atoms with Gasteiger partial charge in [0.1, 0.15) is 5.60 Å². The lowest BCUT2D eigenvalue weighted by atomic mass is 9.42. The molecule has 186 valence electrons. The second-order valence-electron chi connectivity index (χ2n) is 11.7. The summed E-state index contributed by atoms with van der Waals surface area (Å²) >= 11 is 0. The number of aliphatic hydroxyl groups is 2. The standard InChI is InChI=1S/C25H39NO7/c1-6-26-11-22(12-30-2)8-7-16(32-4)24-14-9-13-15(31-3)10-23(28,17(14)18(13)33-5)25(29,21(24)26)20(27)19(22)24/h13-19,21,28-29H,6-12H2,1-5H3. The molecule has 33 heavy (non-hydrogen) atoms. The summed E-state index contributed by atoms with van der Waals surface area (Å²) < 4.78 is 23.9. The van der Waals surface area contributed by atoms with Gasteiger partial charge in [0.25, 0.3) is 0 Å². The number of likely N-dealkylation sites (tertiary alicyclic amines) is 1. The van der Waals surface area contributed by atoms with E-state index >= 15 is 0 Å². The quantitative estimate of drug-likeness (QED) is 0.585. The summed E-state index contributed by atoms with van der Waals surface area (Å²) in [5.41, 5.74) is -4.48. The Morgan fingerprint density at radius 3 is 2.48 bits per heavy atom. The van der Waals surface area contributed by atoms with Crippen molar-refractivity contribution in [1.29, 1.82) is 0 Å². The van der Waals surface area contributed by atoms with Crippen LogP contribution in [0.15, 0.2) is 0 Å². The van der Waals surface area contributed by atoms with Crippen molar-refractivity contribution >= 4 is 5.78 Å². The molecule has 6 fully saturated rings. The van der Waals surface area contributed by atoms with E-state index < -0.39 is 34.0 Å². The smallest absolute Gasteiger partial charge is 0.173 e. The van der Waals surface area contributed by atoms with Crippen LogP contribution in [0.3, 0.4) is 0 Å². The minimum Gasteiger partial charge on any atom is -0.386 e. The zero-order chi connectivity index (χ0) is 23.6. The molecule has 12 atom stereocenters. The molecule has 5 aliphatic carbocycles. The molecule has 12 unspecified atom stereocenters. The van der Waals surface area contributed by atoms with Crippen LogP contribution in [0.1, 0.15) is 32.6 Å². The van der Waals surface area contributed by atoms with Crippen LogP contribution < -0.4 is 0 Å².